The Kier molecular flexibility index (Phi) is 6.52. The first-order valence-electron chi connectivity index (χ1n) is 12.0. The third-order valence-corrected chi connectivity index (χ3v) is 7.94. The molecule has 0 unspecified atom stereocenters. The van der Waals surface area contributed by atoms with Crippen molar-refractivity contribution >= 4 is 29.0 Å². The number of Topliss-reactive ketones (excluding diaryl/α,β-unsaturated/α-hetero) is 3. The van der Waals surface area contributed by atoms with Crippen LogP contribution in [0.1, 0.15) is 56.1 Å². The van der Waals surface area contributed by atoms with Crippen LogP contribution in [-0.2, 0) is 19.2 Å². The van der Waals surface area contributed by atoms with E-state index in [1.807, 2.05) is 0 Å². The lowest BCUT2D eigenvalue weighted by Crippen LogP contribution is -2.62. The molecule has 0 bridgehead atoms. The Balaban J connectivity index is 1.94. The van der Waals surface area contributed by atoms with E-state index in [1.165, 1.54) is 6.07 Å². The van der Waals surface area contributed by atoms with Crippen LogP contribution >= 0.6 is 0 Å². The minimum absolute atomic E-state index is 0.0187. The molecule has 10 nitrogen and oxygen atoms in total. The molecule has 8 N–H and O–H groups in total. The number of unbranched alkanes of at least 4 members (excludes halogenated alkanes) is 1. The van der Waals surface area contributed by atoms with E-state index in [1.54, 1.807) is 19.1 Å². The first kappa shape index (κ1) is 25.6. The zero-order chi connectivity index (χ0) is 26.5. The van der Waals surface area contributed by atoms with E-state index in [4.69, 9.17) is 11.5 Å². The van der Waals surface area contributed by atoms with Crippen molar-refractivity contribution in [3.8, 4) is 5.75 Å². The molecule has 0 aromatic heterocycles. The predicted molar refractivity (Wildman–Crippen MR) is 128 cm³/mol. The van der Waals surface area contributed by atoms with Crippen molar-refractivity contribution in [3.63, 3.8) is 0 Å². The Labute approximate surface area is 207 Å². The quantitative estimate of drug-likeness (QED) is 0.237. The molecule has 4 rings (SSSR count). The number of aliphatic hydroxyl groups is 3. The standard InChI is InChI=1S/C26H30N2O8/c1-11-13-6-4-7-16(30)19(13)22(32)21-18(11)14(9-12(29)5-2-3-8-27)15-10-17(31)20(25(28)35)23(33)26(15,36)24(21)34/h4,6-7,11,14-15,18,30,32-33,36H,2-3,5,8-10,27H2,1H3,(H2,28,35)/t11-,14+,15+,18-,26+/m0/s1. The Morgan fingerprint density at radius 1 is 1.14 bits per heavy atom. The van der Waals surface area contributed by atoms with Crippen molar-refractivity contribution in [1.29, 1.82) is 0 Å². The summed E-state index contributed by atoms with van der Waals surface area (Å²) in [6.07, 6.45) is 0.729. The normalized spacial score (nSPS) is 29.5. The number of aromatic hydroxyl groups is 1. The van der Waals surface area contributed by atoms with Gasteiger partial charge in [0.2, 0.25) is 5.78 Å². The summed E-state index contributed by atoms with van der Waals surface area (Å²) in [6, 6.07) is 4.62. The van der Waals surface area contributed by atoms with E-state index in [0.717, 1.165) is 0 Å². The molecule has 10 heteroatoms. The summed E-state index contributed by atoms with van der Waals surface area (Å²) in [5, 5.41) is 44.2. The fourth-order valence-corrected chi connectivity index (χ4v) is 6.27. The SMILES string of the molecule is C[C@H]1c2cccc(O)c2C(O)=C2C(=O)[C@]3(O)C(O)=C(C(N)=O)C(=O)C[C@@H]3[C@@H](CC(=O)CCCCN)[C@@H]21. The van der Waals surface area contributed by atoms with Gasteiger partial charge in [0.05, 0.1) is 5.56 Å². The van der Waals surface area contributed by atoms with Crippen molar-refractivity contribution in [2.24, 2.45) is 29.2 Å². The number of hydrogen-bond donors (Lipinski definition) is 6. The highest BCUT2D eigenvalue weighted by atomic mass is 16.3. The highest BCUT2D eigenvalue weighted by molar-refractivity contribution is 6.23. The molecule has 0 heterocycles. The van der Waals surface area contributed by atoms with E-state index in [0.29, 0.717) is 24.9 Å². The molecule has 0 spiro atoms. The van der Waals surface area contributed by atoms with Crippen LogP contribution in [0.2, 0.25) is 0 Å². The fourth-order valence-electron chi connectivity index (χ4n) is 6.27. The lowest BCUT2D eigenvalue weighted by Gasteiger charge is -2.52. The highest BCUT2D eigenvalue weighted by Crippen LogP contribution is 2.58. The number of hydrogen-bond acceptors (Lipinski definition) is 9. The Morgan fingerprint density at radius 3 is 2.47 bits per heavy atom. The number of carbonyl (C=O) groups excluding carboxylic acids is 4. The van der Waals surface area contributed by atoms with Crippen LogP contribution in [0.4, 0.5) is 0 Å². The minimum Gasteiger partial charge on any atom is -0.508 e. The highest BCUT2D eigenvalue weighted by Gasteiger charge is 2.64. The van der Waals surface area contributed by atoms with Gasteiger partial charge < -0.3 is 31.9 Å². The van der Waals surface area contributed by atoms with Crippen LogP contribution in [-0.4, -0.2) is 55.8 Å². The molecule has 3 aliphatic carbocycles. The molecular weight excluding hydrogens is 468 g/mol. The number of amides is 1. The Hall–Kier alpha value is -3.50. The van der Waals surface area contributed by atoms with Crippen molar-refractivity contribution in [3.05, 3.63) is 46.2 Å². The van der Waals surface area contributed by atoms with Gasteiger partial charge in [-0.3, -0.25) is 19.2 Å². The van der Waals surface area contributed by atoms with E-state index in [-0.39, 0.29) is 35.5 Å². The second-order valence-corrected chi connectivity index (χ2v) is 9.89. The second kappa shape index (κ2) is 9.18. The van der Waals surface area contributed by atoms with Crippen LogP contribution in [0.5, 0.6) is 5.75 Å². The Bertz CT molecular complexity index is 1230. The number of aliphatic hydroxyl groups excluding tert-OH is 2. The number of nitrogens with two attached hydrogens (primary N) is 2. The van der Waals surface area contributed by atoms with Crippen molar-refractivity contribution < 1.29 is 39.6 Å². The zero-order valence-electron chi connectivity index (χ0n) is 19.9. The maximum absolute atomic E-state index is 13.8. The van der Waals surface area contributed by atoms with Gasteiger partial charge >= 0.3 is 0 Å². The van der Waals surface area contributed by atoms with Crippen molar-refractivity contribution in [2.45, 2.75) is 50.5 Å². The summed E-state index contributed by atoms with van der Waals surface area (Å²) in [7, 11) is 0. The van der Waals surface area contributed by atoms with Gasteiger partial charge in [-0.2, -0.15) is 0 Å². The minimum atomic E-state index is -2.75. The van der Waals surface area contributed by atoms with Gasteiger partial charge in [-0.05, 0) is 42.9 Å². The van der Waals surface area contributed by atoms with Crippen LogP contribution in [0.25, 0.3) is 5.76 Å². The summed E-state index contributed by atoms with van der Waals surface area (Å²) in [4.78, 5) is 51.5. The monoisotopic (exact) mass is 498 g/mol. The fraction of sp³-hybridized carbons (Fsp3) is 0.462. The molecule has 192 valence electrons. The largest absolute Gasteiger partial charge is 0.508 e. The summed E-state index contributed by atoms with van der Waals surface area (Å²) in [6.45, 7) is 2.19. The molecule has 0 saturated heterocycles. The zero-order valence-corrected chi connectivity index (χ0v) is 19.9. The molecule has 0 aliphatic heterocycles. The average Bonchev–Trinajstić information content (AvgIpc) is 2.81. The molecule has 3 aliphatic rings. The van der Waals surface area contributed by atoms with E-state index in [9.17, 15) is 39.6 Å². The summed E-state index contributed by atoms with van der Waals surface area (Å²) in [5.41, 5.74) is 7.46. The maximum atomic E-state index is 13.8. The van der Waals surface area contributed by atoms with Crippen molar-refractivity contribution in [2.75, 3.05) is 6.54 Å². The van der Waals surface area contributed by atoms with E-state index in [2.05, 4.69) is 0 Å². The average molecular weight is 499 g/mol. The predicted octanol–water partition coefficient (Wildman–Crippen LogP) is 1.30. The molecule has 1 aromatic rings. The van der Waals surface area contributed by atoms with Gasteiger partial charge in [0.1, 0.15) is 28.6 Å². The number of fused-ring (bicyclic) bond motifs is 3. The molecule has 1 saturated carbocycles. The Morgan fingerprint density at radius 2 is 1.83 bits per heavy atom. The third-order valence-electron chi connectivity index (χ3n) is 7.94. The third kappa shape index (κ3) is 3.63. The lowest BCUT2D eigenvalue weighted by molar-refractivity contribution is -0.155. The van der Waals surface area contributed by atoms with Crippen molar-refractivity contribution in [1.82, 2.24) is 0 Å². The molecular formula is C26H30N2O8. The number of rotatable bonds is 7. The van der Waals surface area contributed by atoms with Gasteiger partial charge in [0.15, 0.2) is 11.4 Å². The van der Waals surface area contributed by atoms with Gasteiger partial charge in [0.25, 0.3) is 5.91 Å². The molecule has 1 fully saturated rings. The van der Waals surface area contributed by atoms with Crippen LogP contribution in [0.3, 0.4) is 0 Å². The lowest BCUT2D eigenvalue weighted by atomic mass is 9.51. The number of carbonyl (C=O) groups is 4. The van der Waals surface area contributed by atoms with Gasteiger partial charge in [-0.1, -0.05) is 19.1 Å². The maximum Gasteiger partial charge on any atom is 0.255 e. The number of phenolic OH excluding ortho intramolecular Hbond substituents is 1. The van der Waals surface area contributed by atoms with E-state index < -0.39 is 70.3 Å². The van der Waals surface area contributed by atoms with E-state index >= 15 is 0 Å². The summed E-state index contributed by atoms with van der Waals surface area (Å²) >= 11 is 0. The first-order chi connectivity index (χ1) is 17.0. The first-order valence-corrected chi connectivity index (χ1v) is 12.0. The number of primary amides is 1. The van der Waals surface area contributed by atoms with Crippen LogP contribution in [0, 0.1) is 17.8 Å². The number of ketones is 3. The topological polar surface area (TPSA) is 201 Å². The van der Waals surface area contributed by atoms with Crippen LogP contribution < -0.4 is 11.5 Å². The molecule has 5 atom stereocenters. The molecule has 1 aromatic carbocycles. The molecule has 1 amide bonds. The second-order valence-electron chi connectivity index (χ2n) is 9.89. The number of phenols is 1. The van der Waals surface area contributed by atoms with Gasteiger partial charge in [-0.25, -0.2) is 0 Å². The summed E-state index contributed by atoms with van der Waals surface area (Å²) in [5.74, 6) is -8.81. The number of benzene rings is 1. The van der Waals surface area contributed by atoms with Crippen LogP contribution in [0.15, 0.2) is 35.1 Å². The molecule has 0 radical (unpaired) electrons. The van der Waals surface area contributed by atoms with Gasteiger partial charge in [0, 0.05) is 36.7 Å². The van der Waals surface area contributed by atoms with Gasteiger partial charge in [-0.15, -0.1) is 0 Å². The summed E-state index contributed by atoms with van der Waals surface area (Å²) < 4.78 is 0. The molecule has 36 heavy (non-hydrogen) atoms. The smallest absolute Gasteiger partial charge is 0.255 e.